The Hall–Kier alpha value is -3.01. The smallest absolute Gasteiger partial charge is 0.170 e. The second-order valence-electron chi connectivity index (χ2n) is 5.94. The van der Waals surface area contributed by atoms with Gasteiger partial charge in [0.2, 0.25) is 0 Å². The summed E-state index contributed by atoms with van der Waals surface area (Å²) in [6, 6.07) is 18.5. The van der Waals surface area contributed by atoms with Crippen LogP contribution < -0.4 is 5.72 Å². The van der Waals surface area contributed by atoms with Crippen molar-refractivity contribution < 1.29 is 0 Å². The Balaban J connectivity index is 1.69. The first-order valence-electron chi connectivity index (χ1n) is 8.33. The highest BCUT2D eigenvalue weighted by Gasteiger charge is 2.11. The highest BCUT2D eigenvalue weighted by molar-refractivity contribution is 6.29. The minimum atomic E-state index is 0.252. The summed E-state index contributed by atoms with van der Waals surface area (Å²) in [5, 5.41) is 0. The number of benzene rings is 2. The summed E-state index contributed by atoms with van der Waals surface area (Å²) in [5.41, 5.74) is 4.62. The zero-order valence-corrected chi connectivity index (χ0v) is 13.8. The van der Waals surface area contributed by atoms with Crippen LogP contribution >= 0.6 is 0 Å². The van der Waals surface area contributed by atoms with E-state index < -0.39 is 0 Å². The number of hydrogen-bond donors (Lipinski definition) is 0. The summed E-state index contributed by atoms with van der Waals surface area (Å²) < 4.78 is 0. The van der Waals surface area contributed by atoms with E-state index in [-0.39, 0.29) is 5.72 Å². The first-order valence-corrected chi connectivity index (χ1v) is 8.33. The molecule has 2 radical (unpaired) electrons. The Kier molecular flexibility index (Phi) is 4.25. The van der Waals surface area contributed by atoms with E-state index in [0.29, 0.717) is 11.6 Å². The summed E-state index contributed by atoms with van der Waals surface area (Å²) in [6.07, 6.45) is 8.13. The van der Waals surface area contributed by atoms with Crippen molar-refractivity contribution in [1.29, 1.82) is 0 Å². The fourth-order valence-corrected chi connectivity index (χ4v) is 2.90. The molecule has 0 bridgehead atoms. The normalized spacial score (nSPS) is 13.5. The molecule has 1 heterocycles. The molecule has 0 amide bonds. The molecule has 0 N–H and O–H groups in total. The molecule has 1 aromatic heterocycles. The highest BCUT2D eigenvalue weighted by Crippen LogP contribution is 2.24. The van der Waals surface area contributed by atoms with Crippen molar-refractivity contribution in [3.05, 3.63) is 78.6 Å². The molecule has 0 spiro atoms. The van der Waals surface area contributed by atoms with Crippen molar-refractivity contribution in [1.82, 2.24) is 15.0 Å². The van der Waals surface area contributed by atoms with Crippen LogP contribution in [0.25, 0.3) is 28.1 Å². The zero-order valence-electron chi connectivity index (χ0n) is 13.8. The molecule has 1 aliphatic carbocycles. The first kappa shape index (κ1) is 15.5. The van der Waals surface area contributed by atoms with Crippen molar-refractivity contribution in [2.45, 2.75) is 12.8 Å². The molecule has 4 heteroatoms. The van der Waals surface area contributed by atoms with Gasteiger partial charge < -0.3 is 0 Å². The molecular formula is C21H16BN3. The standard InChI is InChI=1S/C21H16BN3/c22-21-24-19(17-9-5-2-6-10-17)23-20(25-21)18-13-11-16(12-14-18)15-7-3-1-4-8-15/h1-5,7-9,11-14H,6,10H2. The van der Waals surface area contributed by atoms with Gasteiger partial charge in [0.15, 0.2) is 19.5 Å². The van der Waals surface area contributed by atoms with Crippen LogP contribution in [0.4, 0.5) is 0 Å². The van der Waals surface area contributed by atoms with Gasteiger partial charge in [-0.05, 0) is 29.5 Å². The van der Waals surface area contributed by atoms with Gasteiger partial charge in [-0.1, -0.05) is 72.8 Å². The van der Waals surface area contributed by atoms with Crippen LogP contribution in [0.15, 0.2) is 72.8 Å². The third kappa shape index (κ3) is 3.43. The number of aromatic nitrogens is 3. The second-order valence-corrected chi connectivity index (χ2v) is 5.94. The van der Waals surface area contributed by atoms with Gasteiger partial charge in [0.1, 0.15) is 0 Å². The van der Waals surface area contributed by atoms with Crippen LogP contribution in [-0.2, 0) is 0 Å². The van der Waals surface area contributed by atoms with E-state index >= 15 is 0 Å². The molecule has 1 aliphatic rings. The molecule has 3 aromatic rings. The van der Waals surface area contributed by atoms with Gasteiger partial charge in [0.05, 0.1) is 5.72 Å². The van der Waals surface area contributed by atoms with Crippen LogP contribution in [0.1, 0.15) is 18.7 Å². The molecule has 0 saturated carbocycles. The van der Waals surface area contributed by atoms with Crippen LogP contribution in [0, 0.1) is 0 Å². The Bertz CT molecular complexity index is 945. The van der Waals surface area contributed by atoms with Gasteiger partial charge >= 0.3 is 0 Å². The molecule has 25 heavy (non-hydrogen) atoms. The summed E-state index contributed by atoms with van der Waals surface area (Å²) in [5.74, 6) is 1.27. The predicted molar refractivity (Wildman–Crippen MR) is 102 cm³/mol. The van der Waals surface area contributed by atoms with E-state index in [9.17, 15) is 0 Å². The lowest BCUT2D eigenvalue weighted by molar-refractivity contribution is 0.990. The summed E-state index contributed by atoms with van der Waals surface area (Å²) in [7, 11) is 5.92. The van der Waals surface area contributed by atoms with Gasteiger partial charge in [0, 0.05) is 5.56 Å². The number of rotatable bonds is 3. The van der Waals surface area contributed by atoms with E-state index in [1.807, 2.05) is 42.5 Å². The van der Waals surface area contributed by atoms with Gasteiger partial charge in [-0.2, -0.15) is 0 Å². The lowest BCUT2D eigenvalue weighted by Gasteiger charge is -2.10. The molecule has 0 unspecified atom stereocenters. The van der Waals surface area contributed by atoms with Crippen molar-refractivity contribution in [2.24, 2.45) is 0 Å². The highest BCUT2D eigenvalue weighted by atomic mass is 15.0. The Morgan fingerprint density at radius 2 is 1.40 bits per heavy atom. The zero-order chi connectivity index (χ0) is 17.1. The topological polar surface area (TPSA) is 38.7 Å². The van der Waals surface area contributed by atoms with Crippen LogP contribution in [-0.4, -0.2) is 22.8 Å². The maximum absolute atomic E-state index is 5.92. The molecule has 4 rings (SSSR count). The van der Waals surface area contributed by atoms with E-state index in [0.717, 1.165) is 29.5 Å². The molecule has 0 aliphatic heterocycles. The lowest BCUT2D eigenvalue weighted by Crippen LogP contribution is -2.18. The Morgan fingerprint density at radius 3 is 2.12 bits per heavy atom. The molecule has 0 atom stereocenters. The van der Waals surface area contributed by atoms with Gasteiger partial charge in [-0.15, -0.1) is 0 Å². The summed E-state index contributed by atoms with van der Waals surface area (Å²) in [6.45, 7) is 0. The molecule has 0 fully saturated rings. The number of hydrogen-bond acceptors (Lipinski definition) is 3. The maximum Gasteiger partial charge on any atom is 0.170 e. The third-order valence-corrected chi connectivity index (χ3v) is 4.20. The predicted octanol–water partition coefficient (Wildman–Crippen LogP) is 3.73. The SMILES string of the molecule is [B]c1nc(C2=CC=CCC2)nc(-c2ccc(-c3ccccc3)cc2)n1. The Morgan fingerprint density at radius 1 is 0.720 bits per heavy atom. The van der Waals surface area contributed by atoms with Crippen molar-refractivity contribution in [2.75, 3.05) is 0 Å². The molecular weight excluding hydrogens is 305 g/mol. The largest absolute Gasteiger partial charge is 0.226 e. The number of allylic oxidation sites excluding steroid dienone is 4. The van der Waals surface area contributed by atoms with Crippen molar-refractivity contribution in [3.8, 4) is 22.5 Å². The monoisotopic (exact) mass is 321 g/mol. The van der Waals surface area contributed by atoms with Gasteiger partial charge in [-0.25, -0.2) is 15.0 Å². The quantitative estimate of drug-likeness (QED) is 0.690. The fraction of sp³-hybridized carbons (Fsp3) is 0.0952. The summed E-state index contributed by atoms with van der Waals surface area (Å²) >= 11 is 0. The molecule has 0 saturated heterocycles. The number of nitrogens with zero attached hydrogens (tertiary/aromatic N) is 3. The maximum atomic E-state index is 5.92. The average molecular weight is 321 g/mol. The van der Waals surface area contributed by atoms with E-state index in [1.165, 1.54) is 5.56 Å². The molecule has 118 valence electrons. The Labute approximate surface area is 148 Å². The van der Waals surface area contributed by atoms with Crippen LogP contribution in [0.3, 0.4) is 0 Å². The van der Waals surface area contributed by atoms with Gasteiger partial charge in [-0.3, -0.25) is 0 Å². The molecule has 2 aromatic carbocycles. The minimum absolute atomic E-state index is 0.252. The van der Waals surface area contributed by atoms with Gasteiger partial charge in [0.25, 0.3) is 0 Å². The lowest BCUT2D eigenvalue weighted by atomic mass is 10.0. The van der Waals surface area contributed by atoms with Crippen LogP contribution in [0.5, 0.6) is 0 Å². The average Bonchev–Trinajstić information content (AvgIpc) is 2.69. The minimum Gasteiger partial charge on any atom is -0.226 e. The van der Waals surface area contributed by atoms with Crippen molar-refractivity contribution in [3.63, 3.8) is 0 Å². The van der Waals surface area contributed by atoms with E-state index in [2.05, 4.69) is 45.3 Å². The summed E-state index contributed by atoms with van der Waals surface area (Å²) in [4.78, 5) is 13.2. The van der Waals surface area contributed by atoms with Crippen molar-refractivity contribution >= 4 is 19.1 Å². The fourth-order valence-electron chi connectivity index (χ4n) is 2.90. The van der Waals surface area contributed by atoms with Crippen LogP contribution in [0.2, 0.25) is 0 Å². The third-order valence-electron chi connectivity index (χ3n) is 4.20. The van der Waals surface area contributed by atoms with E-state index in [1.54, 1.807) is 0 Å². The second kappa shape index (κ2) is 6.85. The molecule has 3 nitrogen and oxygen atoms in total. The first-order chi connectivity index (χ1) is 12.3. The van der Waals surface area contributed by atoms with E-state index in [4.69, 9.17) is 7.85 Å².